The van der Waals surface area contributed by atoms with E-state index in [1.807, 2.05) is 13.8 Å². The second-order valence-electron chi connectivity index (χ2n) is 4.82. The standard InChI is InChI=1S/C14H26N4O2/c1-6-12-16-13(15)11(3)14(17-12)18(7-8-19-4)10(2)9-20-5/h10H,6-9H2,1-5H3,(H2,15,16,17). The van der Waals surface area contributed by atoms with Crippen LogP contribution in [0.4, 0.5) is 11.6 Å². The number of aryl methyl sites for hydroxylation is 1. The lowest BCUT2D eigenvalue weighted by molar-refractivity contribution is 0.170. The third-order valence-corrected chi connectivity index (χ3v) is 3.27. The molecule has 20 heavy (non-hydrogen) atoms. The molecule has 114 valence electrons. The van der Waals surface area contributed by atoms with E-state index in [0.717, 1.165) is 30.2 Å². The summed E-state index contributed by atoms with van der Waals surface area (Å²) in [5, 5.41) is 0. The summed E-state index contributed by atoms with van der Waals surface area (Å²) in [6.07, 6.45) is 0.758. The summed E-state index contributed by atoms with van der Waals surface area (Å²) in [6, 6.07) is 0.188. The van der Waals surface area contributed by atoms with Gasteiger partial charge in [-0.3, -0.25) is 0 Å². The fourth-order valence-electron chi connectivity index (χ4n) is 2.06. The summed E-state index contributed by atoms with van der Waals surface area (Å²) < 4.78 is 10.4. The van der Waals surface area contributed by atoms with Crippen molar-refractivity contribution in [2.75, 3.05) is 44.6 Å². The highest BCUT2D eigenvalue weighted by Gasteiger charge is 2.20. The molecule has 6 heteroatoms. The third kappa shape index (κ3) is 4.05. The van der Waals surface area contributed by atoms with Gasteiger partial charge in [0.15, 0.2) is 0 Å². The van der Waals surface area contributed by atoms with Crippen LogP contribution in [0.2, 0.25) is 0 Å². The van der Waals surface area contributed by atoms with Gasteiger partial charge in [0, 0.05) is 32.7 Å². The minimum absolute atomic E-state index is 0.188. The van der Waals surface area contributed by atoms with Gasteiger partial charge in [0.1, 0.15) is 17.5 Å². The van der Waals surface area contributed by atoms with E-state index >= 15 is 0 Å². The van der Waals surface area contributed by atoms with Gasteiger partial charge in [-0.15, -0.1) is 0 Å². The van der Waals surface area contributed by atoms with Crippen molar-refractivity contribution >= 4 is 11.6 Å². The van der Waals surface area contributed by atoms with E-state index in [9.17, 15) is 0 Å². The molecule has 0 aliphatic heterocycles. The van der Waals surface area contributed by atoms with Crippen LogP contribution in [0.25, 0.3) is 0 Å². The van der Waals surface area contributed by atoms with E-state index in [1.54, 1.807) is 14.2 Å². The van der Waals surface area contributed by atoms with E-state index in [1.165, 1.54) is 0 Å². The number of ether oxygens (including phenoxy) is 2. The summed E-state index contributed by atoms with van der Waals surface area (Å²) in [6.45, 7) is 8.05. The maximum atomic E-state index is 6.00. The lowest BCUT2D eigenvalue weighted by Gasteiger charge is -2.31. The van der Waals surface area contributed by atoms with E-state index in [0.29, 0.717) is 19.0 Å². The average molecular weight is 282 g/mol. The molecular weight excluding hydrogens is 256 g/mol. The van der Waals surface area contributed by atoms with Crippen LogP contribution >= 0.6 is 0 Å². The molecule has 0 saturated heterocycles. The number of hydrogen-bond acceptors (Lipinski definition) is 6. The Kier molecular flexibility index (Phi) is 6.67. The summed E-state index contributed by atoms with van der Waals surface area (Å²) in [4.78, 5) is 11.1. The highest BCUT2D eigenvalue weighted by Crippen LogP contribution is 2.23. The highest BCUT2D eigenvalue weighted by atomic mass is 16.5. The molecule has 1 heterocycles. The Hall–Kier alpha value is -1.40. The van der Waals surface area contributed by atoms with Crippen LogP contribution in [0.15, 0.2) is 0 Å². The van der Waals surface area contributed by atoms with Crippen LogP contribution in [0.1, 0.15) is 25.2 Å². The van der Waals surface area contributed by atoms with E-state index < -0.39 is 0 Å². The maximum Gasteiger partial charge on any atom is 0.137 e. The van der Waals surface area contributed by atoms with E-state index in [4.69, 9.17) is 15.2 Å². The summed E-state index contributed by atoms with van der Waals surface area (Å²) in [5.41, 5.74) is 6.90. The molecule has 0 aliphatic rings. The van der Waals surface area contributed by atoms with Crippen molar-refractivity contribution in [1.82, 2.24) is 9.97 Å². The number of hydrogen-bond donors (Lipinski definition) is 1. The zero-order valence-electron chi connectivity index (χ0n) is 13.1. The number of nitrogen functional groups attached to an aromatic ring is 1. The first-order chi connectivity index (χ1) is 9.54. The third-order valence-electron chi connectivity index (χ3n) is 3.27. The van der Waals surface area contributed by atoms with E-state index in [2.05, 4.69) is 21.8 Å². The molecule has 0 bridgehead atoms. The van der Waals surface area contributed by atoms with Crippen LogP contribution in [0, 0.1) is 6.92 Å². The van der Waals surface area contributed by atoms with Gasteiger partial charge in [0.25, 0.3) is 0 Å². The van der Waals surface area contributed by atoms with Gasteiger partial charge >= 0.3 is 0 Å². The van der Waals surface area contributed by atoms with Gasteiger partial charge in [-0.25, -0.2) is 9.97 Å². The first-order valence-corrected chi connectivity index (χ1v) is 6.92. The van der Waals surface area contributed by atoms with Crippen molar-refractivity contribution in [3.05, 3.63) is 11.4 Å². The molecule has 0 radical (unpaired) electrons. The molecule has 1 rings (SSSR count). The normalized spacial score (nSPS) is 12.4. The molecule has 0 spiro atoms. The second-order valence-corrected chi connectivity index (χ2v) is 4.82. The maximum absolute atomic E-state index is 6.00. The van der Waals surface area contributed by atoms with Crippen molar-refractivity contribution in [1.29, 1.82) is 0 Å². The monoisotopic (exact) mass is 282 g/mol. The Morgan fingerprint density at radius 3 is 2.50 bits per heavy atom. The minimum atomic E-state index is 0.188. The van der Waals surface area contributed by atoms with Crippen LogP contribution in [-0.2, 0) is 15.9 Å². The predicted molar refractivity (Wildman–Crippen MR) is 81.1 cm³/mol. The van der Waals surface area contributed by atoms with Crippen molar-refractivity contribution in [2.24, 2.45) is 0 Å². The average Bonchev–Trinajstić information content (AvgIpc) is 2.43. The lowest BCUT2D eigenvalue weighted by Crippen LogP contribution is -2.40. The summed E-state index contributed by atoms with van der Waals surface area (Å²) >= 11 is 0. The number of methoxy groups -OCH3 is 2. The zero-order valence-corrected chi connectivity index (χ0v) is 13.1. The fraction of sp³-hybridized carbons (Fsp3) is 0.714. The number of nitrogens with two attached hydrogens (primary N) is 1. The van der Waals surface area contributed by atoms with Gasteiger partial charge in [0.05, 0.1) is 19.3 Å². The van der Waals surface area contributed by atoms with Gasteiger partial charge in [-0.05, 0) is 13.8 Å². The molecule has 2 N–H and O–H groups in total. The molecule has 1 aromatic heterocycles. The molecule has 0 saturated carbocycles. The molecule has 1 atom stereocenters. The largest absolute Gasteiger partial charge is 0.383 e. The quantitative estimate of drug-likeness (QED) is 0.777. The second kappa shape index (κ2) is 8.01. The Morgan fingerprint density at radius 1 is 1.25 bits per heavy atom. The number of rotatable bonds is 8. The number of anilines is 2. The zero-order chi connectivity index (χ0) is 15.1. The SMILES string of the molecule is CCc1nc(N)c(C)c(N(CCOC)C(C)COC)n1. The minimum Gasteiger partial charge on any atom is -0.383 e. The first kappa shape index (κ1) is 16.7. The van der Waals surface area contributed by atoms with Crippen LogP contribution in [-0.4, -0.2) is 50.0 Å². The van der Waals surface area contributed by atoms with Gasteiger partial charge in [-0.1, -0.05) is 6.92 Å². The molecular formula is C14H26N4O2. The van der Waals surface area contributed by atoms with Crippen molar-refractivity contribution in [2.45, 2.75) is 33.2 Å². The Bertz CT molecular complexity index is 426. The molecule has 6 nitrogen and oxygen atoms in total. The Morgan fingerprint density at radius 2 is 1.95 bits per heavy atom. The topological polar surface area (TPSA) is 73.5 Å². The highest BCUT2D eigenvalue weighted by molar-refractivity contribution is 5.57. The lowest BCUT2D eigenvalue weighted by atomic mass is 10.2. The summed E-state index contributed by atoms with van der Waals surface area (Å²) in [7, 11) is 3.39. The van der Waals surface area contributed by atoms with Crippen molar-refractivity contribution in [3.63, 3.8) is 0 Å². The molecule has 0 amide bonds. The number of aromatic nitrogens is 2. The van der Waals surface area contributed by atoms with Crippen LogP contribution in [0.5, 0.6) is 0 Å². The Labute approximate surface area is 121 Å². The fourth-order valence-corrected chi connectivity index (χ4v) is 2.06. The molecule has 0 fully saturated rings. The smallest absolute Gasteiger partial charge is 0.137 e. The van der Waals surface area contributed by atoms with Gasteiger partial charge in [0.2, 0.25) is 0 Å². The predicted octanol–water partition coefficient (Wildman–Crippen LogP) is 1.42. The Balaban J connectivity index is 3.14. The molecule has 1 aromatic rings. The molecule has 1 unspecified atom stereocenters. The number of nitrogens with zero attached hydrogens (tertiary/aromatic N) is 3. The molecule has 0 aromatic carbocycles. The van der Waals surface area contributed by atoms with Gasteiger partial charge < -0.3 is 20.1 Å². The van der Waals surface area contributed by atoms with Crippen LogP contribution < -0.4 is 10.6 Å². The summed E-state index contributed by atoms with van der Waals surface area (Å²) in [5.74, 6) is 2.17. The first-order valence-electron chi connectivity index (χ1n) is 6.92. The molecule has 0 aliphatic carbocycles. The van der Waals surface area contributed by atoms with Gasteiger partial charge in [-0.2, -0.15) is 0 Å². The van der Waals surface area contributed by atoms with E-state index in [-0.39, 0.29) is 6.04 Å². The van der Waals surface area contributed by atoms with Crippen molar-refractivity contribution in [3.8, 4) is 0 Å². The van der Waals surface area contributed by atoms with Crippen molar-refractivity contribution < 1.29 is 9.47 Å². The van der Waals surface area contributed by atoms with Crippen LogP contribution in [0.3, 0.4) is 0 Å².